The zero-order chi connectivity index (χ0) is 44.3. The number of hydrogen-bond donors (Lipinski definition) is 3. The molecule has 2 aromatic heterocycles. The van der Waals surface area contributed by atoms with E-state index in [1.54, 1.807) is 11.8 Å². The van der Waals surface area contributed by atoms with E-state index in [0.717, 1.165) is 39.0 Å². The van der Waals surface area contributed by atoms with Crippen molar-refractivity contribution in [1.29, 1.82) is 0 Å². The lowest BCUT2D eigenvalue weighted by atomic mass is 9.82. The summed E-state index contributed by atoms with van der Waals surface area (Å²) in [6, 6.07) is 31.6. The summed E-state index contributed by atoms with van der Waals surface area (Å²) in [7, 11) is 0.561. The van der Waals surface area contributed by atoms with Crippen molar-refractivity contribution in [3.63, 3.8) is 0 Å². The second-order valence-electron chi connectivity index (χ2n) is 17.3. The fourth-order valence-corrected chi connectivity index (χ4v) is 14.1. The number of benzene rings is 4. The Bertz CT molecular complexity index is 2580. The SMILES string of the molecule is COC(=O)CCCCN1C(=O)[C@]2(O[C@H](CCn3cc(C(CO)c4ccccc4)nn3)[C@@H]([Si](C)(C)c3ccc(OC)cc3)[C@@H]2C)c2cc(NC(=O)Cc3c[nH]c4ccccc34)ccc21. The van der Waals surface area contributed by atoms with Crippen molar-refractivity contribution < 1.29 is 33.7 Å². The third-order valence-corrected chi connectivity index (χ3v) is 17.7. The fraction of sp³-hybridized carbons (Fsp3) is 0.367. The first kappa shape index (κ1) is 43.6. The fourth-order valence-electron chi connectivity index (χ4n) is 10.1. The van der Waals surface area contributed by atoms with E-state index in [0.29, 0.717) is 43.7 Å². The molecule has 63 heavy (non-hydrogen) atoms. The number of rotatable bonds is 17. The number of aromatic amines is 1. The molecule has 1 spiro atoms. The average Bonchev–Trinajstić information content (AvgIpc) is 4.06. The second-order valence-corrected chi connectivity index (χ2v) is 22.0. The number of aromatic nitrogens is 4. The molecule has 1 unspecified atom stereocenters. The molecule has 0 saturated carbocycles. The molecule has 1 fully saturated rings. The highest BCUT2D eigenvalue weighted by Gasteiger charge is 2.66. The van der Waals surface area contributed by atoms with E-state index in [1.807, 2.05) is 102 Å². The van der Waals surface area contributed by atoms with Crippen LogP contribution in [0.1, 0.15) is 60.9 Å². The molecule has 4 heterocycles. The van der Waals surface area contributed by atoms with Crippen LogP contribution in [-0.2, 0) is 42.4 Å². The number of aliphatic hydroxyl groups is 1. The molecular formula is C49H56N6O7Si. The van der Waals surface area contributed by atoms with Gasteiger partial charge in [0.15, 0.2) is 5.60 Å². The van der Waals surface area contributed by atoms with Gasteiger partial charge >= 0.3 is 5.97 Å². The van der Waals surface area contributed by atoms with Crippen molar-refractivity contribution in [2.24, 2.45) is 5.92 Å². The summed E-state index contributed by atoms with van der Waals surface area (Å²) < 4.78 is 19.6. The number of anilines is 2. The Kier molecular flexibility index (Phi) is 12.7. The van der Waals surface area contributed by atoms with Gasteiger partial charge in [0, 0.05) is 60.0 Å². The summed E-state index contributed by atoms with van der Waals surface area (Å²) in [5, 5.41) is 24.7. The van der Waals surface area contributed by atoms with Crippen LogP contribution in [0.2, 0.25) is 18.6 Å². The topological polar surface area (TPSA) is 161 Å². The number of hydrogen-bond acceptors (Lipinski definition) is 9. The van der Waals surface area contributed by atoms with Crippen LogP contribution in [0.5, 0.6) is 5.75 Å². The number of nitrogens with one attached hydrogen (secondary N) is 2. The number of ether oxygens (including phenoxy) is 3. The molecule has 8 rings (SSSR count). The first-order valence-electron chi connectivity index (χ1n) is 21.7. The van der Waals surface area contributed by atoms with Crippen LogP contribution in [0.4, 0.5) is 11.4 Å². The van der Waals surface area contributed by atoms with Gasteiger partial charge in [0.25, 0.3) is 5.91 Å². The molecule has 0 bridgehead atoms. The van der Waals surface area contributed by atoms with E-state index in [9.17, 15) is 14.7 Å². The lowest BCUT2D eigenvalue weighted by Gasteiger charge is -2.37. The minimum Gasteiger partial charge on any atom is -0.497 e. The van der Waals surface area contributed by atoms with Crippen molar-refractivity contribution in [2.75, 3.05) is 37.6 Å². The summed E-state index contributed by atoms with van der Waals surface area (Å²) in [4.78, 5) is 46.1. The number of aliphatic hydroxyl groups excluding tert-OH is 1. The van der Waals surface area contributed by atoms with Gasteiger partial charge in [-0.25, -0.2) is 0 Å². The average molecular weight is 869 g/mol. The third kappa shape index (κ3) is 8.42. The van der Waals surface area contributed by atoms with Gasteiger partial charge in [-0.15, -0.1) is 5.10 Å². The van der Waals surface area contributed by atoms with Gasteiger partial charge in [0.1, 0.15) is 5.75 Å². The summed E-state index contributed by atoms with van der Waals surface area (Å²) in [5.41, 5.74) is 4.12. The molecule has 2 aliphatic heterocycles. The number of para-hydroxylation sites is 1. The van der Waals surface area contributed by atoms with Gasteiger partial charge in [-0.1, -0.05) is 91.1 Å². The van der Waals surface area contributed by atoms with Crippen molar-refractivity contribution in [1.82, 2.24) is 20.0 Å². The molecule has 1 saturated heterocycles. The molecule has 14 heteroatoms. The largest absolute Gasteiger partial charge is 0.497 e. The first-order chi connectivity index (χ1) is 30.5. The van der Waals surface area contributed by atoms with E-state index in [4.69, 9.17) is 14.2 Å². The van der Waals surface area contributed by atoms with Crippen LogP contribution in [0.25, 0.3) is 10.9 Å². The number of fused-ring (bicyclic) bond motifs is 3. The summed E-state index contributed by atoms with van der Waals surface area (Å²) in [6.45, 7) is 7.58. The molecular weight excluding hydrogens is 813 g/mol. The number of aryl methyl sites for hydroxylation is 1. The van der Waals surface area contributed by atoms with Crippen molar-refractivity contribution in [3.05, 3.63) is 132 Å². The molecule has 5 atom stereocenters. The Balaban J connectivity index is 1.14. The molecule has 4 aromatic carbocycles. The highest BCUT2D eigenvalue weighted by atomic mass is 28.3. The van der Waals surface area contributed by atoms with E-state index in [-0.39, 0.29) is 60.7 Å². The van der Waals surface area contributed by atoms with E-state index in [1.165, 1.54) is 12.3 Å². The van der Waals surface area contributed by atoms with Crippen LogP contribution in [-0.4, -0.2) is 84.4 Å². The minimum atomic E-state index is -2.48. The second kappa shape index (κ2) is 18.3. The van der Waals surface area contributed by atoms with Gasteiger partial charge in [-0.2, -0.15) is 0 Å². The number of carbonyl (C=O) groups is 3. The van der Waals surface area contributed by atoms with Crippen molar-refractivity contribution in [3.8, 4) is 5.75 Å². The monoisotopic (exact) mass is 868 g/mol. The zero-order valence-electron chi connectivity index (χ0n) is 36.5. The molecule has 13 nitrogen and oxygen atoms in total. The van der Waals surface area contributed by atoms with Gasteiger partial charge in [-0.05, 0) is 72.3 Å². The smallest absolute Gasteiger partial charge is 0.305 e. The van der Waals surface area contributed by atoms with E-state index >= 15 is 4.79 Å². The zero-order valence-corrected chi connectivity index (χ0v) is 37.5. The van der Waals surface area contributed by atoms with Gasteiger partial charge in [0.2, 0.25) is 5.91 Å². The highest BCUT2D eigenvalue weighted by Crippen LogP contribution is 2.60. The van der Waals surface area contributed by atoms with Crippen molar-refractivity contribution in [2.45, 2.75) is 81.8 Å². The lowest BCUT2D eigenvalue weighted by molar-refractivity contribution is -0.146. The third-order valence-electron chi connectivity index (χ3n) is 13.3. The predicted octanol–water partition coefficient (Wildman–Crippen LogP) is 7.07. The van der Waals surface area contributed by atoms with E-state index < -0.39 is 13.7 Å². The Morgan fingerprint density at radius 2 is 1.75 bits per heavy atom. The van der Waals surface area contributed by atoms with Crippen LogP contribution >= 0.6 is 0 Å². The highest BCUT2D eigenvalue weighted by molar-refractivity contribution is 6.91. The maximum absolute atomic E-state index is 15.4. The number of unbranched alkanes of at least 4 members (excludes halogenated alkanes) is 1. The molecule has 328 valence electrons. The number of esters is 1. The lowest BCUT2D eigenvalue weighted by Crippen LogP contribution is -2.52. The van der Waals surface area contributed by atoms with Crippen LogP contribution in [0.3, 0.4) is 0 Å². The van der Waals surface area contributed by atoms with Crippen LogP contribution < -0.4 is 20.1 Å². The quantitative estimate of drug-likeness (QED) is 0.0495. The Morgan fingerprint density at radius 3 is 2.49 bits per heavy atom. The number of carbonyl (C=O) groups excluding carboxylic acids is 3. The molecule has 0 radical (unpaired) electrons. The van der Waals surface area contributed by atoms with Gasteiger partial charge in [-0.3, -0.25) is 19.1 Å². The normalized spacial score (nSPS) is 20.0. The summed E-state index contributed by atoms with van der Waals surface area (Å²) in [6.07, 6.45) is 5.51. The van der Waals surface area contributed by atoms with Crippen molar-refractivity contribution >= 4 is 53.3 Å². The molecule has 6 aromatic rings. The first-order valence-corrected chi connectivity index (χ1v) is 24.8. The van der Waals surface area contributed by atoms with Gasteiger partial charge in [0.05, 0.1) is 58.7 Å². The maximum Gasteiger partial charge on any atom is 0.305 e. The molecule has 2 amide bonds. The summed E-state index contributed by atoms with van der Waals surface area (Å²) >= 11 is 0. The number of amides is 2. The van der Waals surface area contributed by atoms with Crippen LogP contribution in [0.15, 0.2) is 109 Å². The molecule has 2 aliphatic rings. The van der Waals surface area contributed by atoms with Gasteiger partial charge < -0.3 is 34.5 Å². The molecule has 3 N–H and O–H groups in total. The Hall–Kier alpha value is -6.09. The summed E-state index contributed by atoms with van der Waals surface area (Å²) in [5.74, 6) is -0.434. The number of methoxy groups -OCH3 is 2. The number of nitrogens with zero attached hydrogens (tertiary/aromatic N) is 4. The maximum atomic E-state index is 15.4. The Labute approximate surface area is 368 Å². The Morgan fingerprint density at radius 1 is 0.984 bits per heavy atom. The predicted molar refractivity (Wildman–Crippen MR) is 245 cm³/mol. The number of H-pyrrole nitrogens is 1. The van der Waals surface area contributed by atoms with E-state index in [2.05, 4.69) is 52.8 Å². The van der Waals surface area contributed by atoms with Crippen LogP contribution in [0, 0.1) is 5.92 Å². The molecule has 0 aliphatic carbocycles. The minimum absolute atomic E-state index is 0.0420. The standard InChI is InChI=1S/C49H56N6O7Si/c1-32-47(63(4,5)37-21-19-36(60-2)20-22-37)44(24-26-54-30-42(52-53-54)39(31-56)33-13-7-6-8-14-33)62-49(32)40-28-35(51-45(57)27-34-29-50-41-16-10-9-15-38(34)41)18-23-43(40)55(48(49)59)25-12-11-17-46(58)61-3/h6-10,13-16,18-23,28-30,32,39,44,47,50,56H,11-12,17,24-27,31H2,1-5H3,(H,51,57)/t32-,39?,44+,47-,49+/m0/s1.